The zero-order chi connectivity index (χ0) is 47.9. The Kier molecular flexibility index (Phi) is 51.4. The third kappa shape index (κ3) is 51.6. The van der Waals surface area contributed by atoms with Gasteiger partial charge in [0.25, 0.3) is 0 Å². The largest absolute Gasteiger partial charge is 0.462 e. The molecule has 66 heavy (non-hydrogen) atoms. The summed E-state index contributed by atoms with van der Waals surface area (Å²) < 4.78 is 16.8. The molecule has 0 aliphatic rings. The molecule has 0 saturated carbocycles. The van der Waals surface area contributed by atoms with Crippen LogP contribution in [0.2, 0.25) is 0 Å². The molecule has 0 aromatic rings. The Bertz CT molecular complexity index is 1290. The van der Waals surface area contributed by atoms with Crippen molar-refractivity contribution in [2.45, 2.75) is 264 Å². The van der Waals surface area contributed by atoms with Gasteiger partial charge in [0, 0.05) is 19.3 Å². The van der Waals surface area contributed by atoms with Gasteiger partial charge >= 0.3 is 17.9 Å². The van der Waals surface area contributed by atoms with Crippen molar-refractivity contribution in [3.05, 3.63) is 85.1 Å². The molecule has 0 aromatic heterocycles. The van der Waals surface area contributed by atoms with Crippen LogP contribution in [0.3, 0.4) is 0 Å². The molecule has 1 unspecified atom stereocenters. The van der Waals surface area contributed by atoms with Gasteiger partial charge in [0.05, 0.1) is 0 Å². The van der Waals surface area contributed by atoms with Crippen LogP contribution in [-0.4, -0.2) is 37.2 Å². The highest BCUT2D eigenvalue weighted by atomic mass is 16.6. The van der Waals surface area contributed by atoms with Crippen LogP contribution in [0.25, 0.3) is 0 Å². The monoisotopic (exact) mass is 919 g/mol. The van der Waals surface area contributed by atoms with Gasteiger partial charge in [0.1, 0.15) is 13.2 Å². The van der Waals surface area contributed by atoms with Crippen molar-refractivity contribution < 1.29 is 28.6 Å². The van der Waals surface area contributed by atoms with Crippen LogP contribution >= 0.6 is 0 Å². The number of hydrogen-bond donors (Lipinski definition) is 0. The lowest BCUT2D eigenvalue weighted by molar-refractivity contribution is -0.167. The summed E-state index contributed by atoms with van der Waals surface area (Å²) in [7, 11) is 0. The van der Waals surface area contributed by atoms with Crippen LogP contribution in [0.15, 0.2) is 85.1 Å². The van der Waals surface area contributed by atoms with Crippen LogP contribution in [0.4, 0.5) is 0 Å². The predicted octanol–water partition coefficient (Wildman–Crippen LogP) is 18.4. The number of hydrogen-bond acceptors (Lipinski definition) is 6. The van der Waals surface area contributed by atoms with E-state index in [1.54, 1.807) is 0 Å². The highest BCUT2D eigenvalue weighted by Crippen LogP contribution is 2.16. The summed E-state index contributed by atoms with van der Waals surface area (Å²) in [5.74, 6) is -0.945. The number of esters is 3. The normalized spacial score (nSPS) is 12.7. The molecule has 0 radical (unpaired) electrons. The van der Waals surface area contributed by atoms with Crippen molar-refractivity contribution >= 4 is 17.9 Å². The first kappa shape index (κ1) is 62.6. The highest BCUT2D eigenvalue weighted by Gasteiger charge is 2.19. The minimum Gasteiger partial charge on any atom is -0.462 e. The van der Waals surface area contributed by atoms with Gasteiger partial charge in [-0.25, -0.2) is 0 Å². The van der Waals surface area contributed by atoms with Gasteiger partial charge in [-0.05, 0) is 64.2 Å². The highest BCUT2D eigenvalue weighted by molar-refractivity contribution is 5.71. The Labute approximate surface area is 407 Å². The Morgan fingerprint density at radius 3 is 0.985 bits per heavy atom. The average molecular weight is 919 g/mol. The van der Waals surface area contributed by atoms with E-state index in [9.17, 15) is 14.4 Å². The molecular formula is C60H102O6. The van der Waals surface area contributed by atoms with Gasteiger partial charge < -0.3 is 14.2 Å². The van der Waals surface area contributed by atoms with Crippen molar-refractivity contribution in [3.63, 3.8) is 0 Å². The van der Waals surface area contributed by atoms with Gasteiger partial charge in [-0.1, -0.05) is 260 Å². The first-order chi connectivity index (χ1) is 32.5. The van der Waals surface area contributed by atoms with E-state index in [0.29, 0.717) is 19.3 Å². The summed E-state index contributed by atoms with van der Waals surface area (Å²) in [4.78, 5) is 38.1. The lowest BCUT2D eigenvalue weighted by atomic mass is 10.0. The molecule has 0 fully saturated rings. The SMILES string of the molecule is CC\C=C/C=C\C=C/C=C\C=C/CCCCCC(=O)OC(COC(=O)CCCCCCCC/C=C\C=C/CCCCC)COC(=O)CCCCCCCCCCCCCCCCCCCC. The second-order valence-electron chi connectivity index (χ2n) is 18.3. The number of ether oxygens (including phenoxy) is 3. The topological polar surface area (TPSA) is 78.9 Å². The van der Waals surface area contributed by atoms with Gasteiger partial charge in [-0.15, -0.1) is 0 Å². The van der Waals surface area contributed by atoms with Gasteiger partial charge in [0.2, 0.25) is 0 Å². The molecule has 0 bridgehead atoms. The summed E-state index contributed by atoms with van der Waals surface area (Å²) in [5.41, 5.74) is 0. The van der Waals surface area contributed by atoms with E-state index in [4.69, 9.17) is 14.2 Å². The maximum absolute atomic E-state index is 12.8. The van der Waals surface area contributed by atoms with Crippen LogP contribution in [-0.2, 0) is 28.6 Å². The average Bonchev–Trinajstić information content (AvgIpc) is 3.31. The summed E-state index contributed by atoms with van der Waals surface area (Å²) in [5, 5.41) is 0. The Morgan fingerprint density at radius 1 is 0.318 bits per heavy atom. The summed E-state index contributed by atoms with van der Waals surface area (Å²) in [6, 6.07) is 0. The zero-order valence-electron chi connectivity index (χ0n) is 43.2. The van der Waals surface area contributed by atoms with Gasteiger partial charge in [-0.2, -0.15) is 0 Å². The smallest absolute Gasteiger partial charge is 0.306 e. The summed E-state index contributed by atoms with van der Waals surface area (Å²) >= 11 is 0. The van der Waals surface area contributed by atoms with Gasteiger partial charge in [-0.3, -0.25) is 14.4 Å². The molecule has 1 atom stereocenters. The summed E-state index contributed by atoms with van der Waals surface area (Å²) in [6.45, 7) is 6.44. The molecule has 0 heterocycles. The fourth-order valence-corrected chi connectivity index (χ4v) is 7.63. The Morgan fingerprint density at radius 2 is 0.591 bits per heavy atom. The van der Waals surface area contributed by atoms with Crippen molar-refractivity contribution in [2.24, 2.45) is 0 Å². The fourth-order valence-electron chi connectivity index (χ4n) is 7.63. The van der Waals surface area contributed by atoms with Crippen LogP contribution in [0, 0.1) is 0 Å². The third-order valence-electron chi connectivity index (χ3n) is 11.8. The molecule has 0 spiro atoms. The van der Waals surface area contributed by atoms with E-state index in [1.807, 2.05) is 48.6 Å². The number of carbonyl (C=O) groups excluding carboxylic acids is 3. The van der Waals surface area contributed by atoms with E-state index in [0.717, 1.165) is 70.6 Å². The molecule has 0 saturated heterocycles. The number of rotatable bonds is 49. The first-order valence-corrected chi connectivity index (χ1v) is 27.7. The molecule has 0 aliphatic heterocycles. The summed E-state index contributed by atoms with van der Waals surface area (Å²) in [6.07, 6.45) is 70.0. The lowest BCUT2D eigenvalue weighted by Crippen LogP contribution is -2.30. The van der Waals surface area contributed by atoms with Crippen molar-refractivity contribution in [3.8, 4) is 0 Å². The van der Waals surface area contributed by atoms with E-state index in [-0.39, 0.29) is 37.5 Å². The van der Waals surface area contributed by atoms with Crippen LogP contribution in [0.5, 0.6) is 0 Å². The van der Waals surface area contributed by atoms with Crippen molar-refractivity contribution in [1.82, 2.24) is 0 Å². The molecule has 0 aromatic carbocycles. The van der Waals surface area contributed by atoms with Crippen LogP contribution < -0.4 is 0 Å². The van der Waals surface area contributed by atoms with E-state index in [1.165, 1.54) is 141 Å². The first-order valence-electron chi connectivity index (χ1n) is 27.7. The second-order valence-corrected chi connectivity index (χ2v) is 18.3. The molecule has 6 nitrogen and oxygen atoms in total. The standard InChI is InChI=1S/C60H102O6/c1-4-7-10-13-16-19-22-25-28-29-30-33-35-38-41-44-47-50-53-59(62)65-56-57(66-60(63)54-51-48-45-42-39-36-32-27-24-21-18-15-12-9-6-3)55-64-58(61)52-49-46-43-40-37-34-31-26-23-20-17-14-11-8-5-2/h9,12,15,17-18,20-21,23-24,26-27,32,36,39,57H,4-8,10-11,13-14,16,19,22,25,28-31,33-35,37-38,40-56H2,1-3H3/b12-9-,18-15-,20-17-,24-21-,26-23-,32-27-,39-36-. The Balaban J connectivity index is 4.44. The fraction of sp³-hybridized carbons (Fsp3) is 0.717. The number of carbonyl (C=O) groups is 3. The minimum absolute atomic E-state index is 0.0962. The molecule has 0 rings (SSSR count). The quantitative estimate of drug-likeness (QED) is 0.0262. The second kappa shape index (κ2) is 54.2. The molecule has 0 amide bonds. The predicted molar refractivity (Wildman–Crippen MR) is 284 cm³/mol. The minimum atomic E-state index is -0.802. The lowest BCUT2D eigenvalue weighted by Gasteiger charge is -2.18. The molecule has 0 N–H and O–H groups in total. The molecule has 378 valence electrons. The van der Waals surface area contributed by atoms with Crippen molar-refractivity contribution in [1.29, 1.82) is 0 Å². The maximum Gasteiger partial charge on any atom is 0.306 e. The van der Waals surface area contributed by atoms with E-state index < -0.39 is 6.10 Å². The number of allylic oxidation sites excluding steroid dienone is 14. The van der Waals surface area contributed by atoms with Gasteiger partial charge in [0.15, 0.2) is 6.10 Å². The molecule has 6 heteroatoms. The van der Waals surface area contributed by atoms with Crippen molar-refractivity contribution in [2.75, 3.05) is 13.2 Å². The molecule has 0 aliphatic carbocycles. The third-order valence-corrected chi connectivity index (χ3v) is 11.8. The zero-order valence-corrected chi connectivity index (χ0v) is 43.2. The van der Waals surface area contributed by atoms with E-state index in [2.05, 4.69) is 57.2 Å². The number of unbranched alkanes of at least 4 members (excludes halogenated alkanes) is 29. The Hall–Kier alpha value is -3.41. The van der Waals surface area contributed by atoms with Crippen LogP contribution in [0.1, 0.15) is 258 Å². The van der Waals surface area contributed by atoms with E-state index >= 15 is 0 Å². The molecular weight excluding hydrogens is 817 g/mol. The maximum atomic E-state index is 12.8.